The van der Waals surface area contributed by atoms with Gasteiger partial charge in [-0.15, -0.1) is 0 Å². The van der Waals surface area contributed by atoms with Crippen LogP contribution in [0.2, 0.25) is 0 Å². The minimum atomic E-state index is -0.761. The van der Waals surface area contributed by atoms with E-state index in [0.29, 0.717) is 43.2 Å². The molecule has 0 aliphatic carbocycles. The molecule has 168 valence electrons. The summed E-state index contributed by atoms with van der Waals surface area (Å²) in [5.74, 6) is -1.04. The Morgan fingerprint density at radius 3 is 2.50 bits per heavy atom. The predicted octanol–water partition coefficient (Wildman–Crippen LogP) is 2.15. The molecule has 2 aromatic rings. The molecule has 8 heteroatoms. The van der Waals surface area contributed by atoms with Crippen LogP contribution >= 0.6 is 0 Å². The number of methoxy groups -OCH3 is 1. The van der Waals surface area contributed by atoms with Gasteiger partial charge in [0.15, 0.2) is 0 Å². The number of hydrogen-bond donors (Lipinski definition) is 2. The van der Waals surface area contributed by atoms with Crippen LogP contribution in [0.15, 0.2) is 54.1 Å². The van der Waals surface area contributed by atoms with E-state index in [-0.39, 0.29) is 17.1 Å². The Kier molecular flexibility index (Phi) is 6.43. The lowest BCUT2D eigenvalue weighted by molar-refractivity contribution is -0.140. The number of aromatic hydroxyl groups is 1. The first-order valence-electron chi connectivity index (χ1n) is 10.5. The van der Waals surface area contributed by atoms with Crippen LogP contribution in [0.4, 0.5) is 0 Å². The van der Waals surface area contributed by atoms with Crippen LogP contribution < -0.4 is 4.74 Å². The first-order chi connectivity index (χ1) is 15.5. The van der Waals surface area contributed by atoms with Crippen molar-refractivity contribution in [2.45, 2.75) is 6.04 Å². The zero-order valence-electron chi connectivity index (χ0n) is 17.9. The molecule has 8 nitrogen and oxygen atoms in total. The SMILES string of the molecule is COc1cccc(/C(O)=C2\C(=O)C(=O)N(CCN3CCOCC3)C2c2ccc(O)cc2)c1. The third kappa shape index (κ3) is 4.32. The van der Waals surface area contributed by atoms with Gasteiger partial charge in [0.2, 0.25) is 0 Å². The summed E-state index contributed by atoms with van der Waals surface area (Å²) in [6.45, 7) is 3.70. The number of Topliss-reactive ketones (excluding diaryl/α,β-unsaturated/α-hetero) is 1. The minimum absolute atomic E-state index is 0.0240. The summed E-state index contributed by atoms with van der Waals surface area (Å²) < 4.78 is 10.6. The van der Waals surface area contributed by atoms with Gasteiger partial charge in [-0.05, 0) is 29.8 Å². The molecule has 4 rings (SSSR count). The normalized spacial score (nSPS) is 21.2. The van der Waals surface area contributed by atoms with Crippen molar-refractivity contribution in [2.24, 2.45) is 0 Å². The van der Waals surface area contributed by atoms with Crippen molar-refractivity contribution in [3.05, 3.63) is 65.2 Å². The molecular weight excluding hydrogens is 412 g/mol. The molecule has 0 radical (unpaired) electrons. The molecule has 2 N–H and O–H groups in total. The van der Waals surface area contributed by atoms with Crippen LogP contribution in [-0.2, 0) is 14.3 Å². The number of aliphatic hydroxyl groups excluding tert-OH is 1. The van der Waals surface area contributed by atoms with E-state index in [9.17, 15) is 19.8 Å². The zero-order chi connectivity index (χ0) is 22.7. The maximum absolute atomic E-state index is 13.1. The second-order valence-corrected chi connectivity index (χ2v) is 7.77. The van der Waals surface area contributed by atoms with E-state index in [2.05, 4.69) is 4.90 Å². The Balaban J connectivity index is 1.73. The number of carbonyl (C=O) groups excluding carboxylic acids is 2. The number of phenols is 1. The molecule has 2 aliphatic rings. The number of benzene rings is 2. The lowest BCUT2D eigenvalue weighted by atomic mass is 9.95. The Labute approximate surface area is 186 Å². The third-order valence-corrected chi connectivity index (χ3v) is 5.85. The molecule has 32 heavy (non-hydrogen) atoms. The number of ether oxygens (including phenoxy) is 2. The number of amides is 1. The third-order valence-electron chi connectivity index (χ3n) is 5.85. The summed E-state index contributed by atoms with van der Waals surface area (Å²) in [7, 11) is 1.51. The van der Waals surface area contributed by atoms with Gasteiger partial charge in [0, 0.05) is 31.7 Å². The van der Waals surface area contributed by atoms with Crippen LogP contribution in [0.5, 0.6) is 11.5 Å². The fourth-order valence-corrected chi connectivity index (χ4v) is 4.11. The maximum Gasteiger partial charge on any atom is 0.295 e. The first kappa shape index (κ1) is 21.9. The van der Waals surface area contributed by atoms with Gasteiger partial charge in [0.1, 0.15) is 17.3 Å². The van der Waals surface area contributed by atoms with Crippen molar-refractivity contribution in [1.29, 1.82) is 0 Å². The van der Waals surface area contributed by atoms with E-state index < -0.39 is 17.7 Å². The lowest BCUT2D eigenvalue weighted by Gasteiger charge is -2.31. The molecule has 0 bridgehead atoms. The number of nitrogens with zero attached hydrogens (tertiary/aromatic N) is 2. The van der Waals surface area contributed by atoms with E-state index in [1.54, 1.807) is 36.4 Å². The second-order valence-electron chi connectivity index (χ2n) is 7.77. The Hall–Kier alpha value is -3.36. The van der Waals surface area contributed by atoms with Gasteiger partial charge in [-0.3, -0.25) is 14.5 Å². The number of aliphatic hydroxyl groups is 1. The van der Waals surface area contributed by atoms with Gasteiger partial charge in [0.05, 0.1) is 31.9 Å². The van der Waals surface area contributed by atoms with Gasteiger partial charge < -0.3 is 24.6 Å². The molecule has 2 heterocycles. The molecule has 1 atom stereocenters. The van der Waals surface area contributed by atoms with Crippen molar-refractivity contribution in [3.8, 4) is 11.5 Å². The van der Waals surface area contributed by atoms with Crippen molar-refractivity contribution in [1.82, 2.24) is 9.80 Å². The summed E-state index contributed by atoms with van der Waals surface area (Å²) in [6, 6.07) is 12.3. The zero-order valence-corrected chi connectivity index (χ0v) is 17.9. The quantitative estimate of drug-likeness (QED) is 0.405. The number of hydrogen-bond acceptors (Lipinski definition) is 7. The van der Waals surface area contributed by atoms with E-state index in [1.807, 2.05) is 0 Å². The van der Waals surface area contributed by atoms with Crippen molar-refractivity contribution >= 4 is 17.4 Å². The summed E-state index contributed by atoms with van der Waals surface area (Å²) in [5, 5.41) is 20.8. The van der Waals surface area contributed by atoms with Crippen LogP contribution in [-0.4, -0.2) is 78.2 Å². The monoisotopic (exact) mass is 438 g/mol. The van der Waals surface area contributed by atoms with Gasteiger partial charge in [-0.2, -0.15) is 0 Å². The number of carbonyl (C=O) groups is 2. The van der Waals surface area contributed by atoms with Crippen molar-refractivity contribution < 1.29 is 29.3 Å². The van der Waals surface area contributed by atoms with Crippen molar-refractivity contribution in [3.63, 3.8) is 0 Å². The summed E-state index contributed by atoms with van der Waals surface area (Å²) >= 11 is 0. The molecule has 0 saturated carbocycles. The second kappa shape index (κ2) is 9.42. The molecule has 0 aromatic heterocycles. The highest BCUT2D eigenvalue weighted by Gasteiger charge is 2.46. The molecule has 1 amide bonds. The lowest BCUT2D eigenvalue weighted by Crippen LogP contribution is -2.42. The number of ketones is 1. The van der Waals surface area contributed by atoms with E-state index >= 15 is 0 Å². The van der Waals surface area contributed by atoms with Gasteiger partial charge >= 0.3 is 0 Å². The van der Waals surface area contributed by atoms with Gasteiger partial charge in [0.25, 0.3) is 11.7 Å². The van der Waals surface area contributed by atoms with E-state index in [4.69, 9.17) is 9.47 Å². The summed E-state index contributed by atoms with van der Waals surface area (Å²) in [6.07, 6.45) is 0. The molecule has 2 aromatic carbocycles. The van der Waals surface area contributed by atoms with Crippen LogP contribution in [0.1, 0.15) is 17.2 Å². The van der Waals surface area contributed by atoms with Gasteiger partial charge in [-0.1, -0.05) is 24.3 Å². The standard InChI is InChI=1S/C24H26N2O6/c1-31-19-4-2-3-17(15-19)22(28)20-21(16-5-7-18(27)8-6-16)26(24(30)23(20)29)10-9-25-11-13-32-14-12-25/h2-8,15,21,27-28H,9-14H2,1H3/b22-20+. The fourth-order valence-electron chi connectivity index (χ4n) is 4.11. The number of rotatable bonds is 6. The smallest absolute Gasteiger partial charge is 0.295 e. The molecule has 0 spiro atoms. The molecular formula is C24H26N2O6. The Morgan fingerprint density at radius 1 is 1.09 bits per heavy atom. The van der Waals surface area contributed by atoms with Gasteiger partial charge in [-0.25, -0.2) is 0 Å². The molecule has 1 unspecified atom stereocenters. The van der Waals surface area contributed by atoms with Crippen LogP contribution in [0, 0.1) is 0 Å². The largest absolute Gasteiger partial charge is 0.508 e. The summed E-state index contributed by atoms with van der Waals surface area (Å²) in [4.78, 5) is 29.8. The Bertz CT molecular complexity index is 1030. The highest BCUT2D eigenvalue weighted by atomic mass is 16.5. The minimum Gasteiger partial charge on any atom is -0.508 e. The molecule has 2 fully saturated rings. The van der Waals surface area contributed by atoms with E-state index in [1.165, 1.54) is 24.1 Å². The summed E-state index contributed by atoms with van der Waals surface area (Å²) in [5.41, 5.74) is 1.05. The fraction of sp³-hybridized carbons (Fsp3) is 0.333. The average Bonchev–Trinajstić information content (AvgIpc) is 3.08. The topological polar surface area (TPSA) is 99.5 Å². The van der Waals surface area contributed by atoms with Crippen LogP contribution in [0.3, 0.4) is 0 Å². The molecule has 2 aliphatic heterocycles. The van der Waals surface area contributed by atoms with E-state index in [0.717, 1.165) is 13.1 Å². The number of phenolic OH excluding ortho intramolecular Hbond substituents is 1. The van der Waals surface area contributed by atoms with Crippen LogP contribution in [0.25, 0.3) is 5.76 Å². The maximum atomic E-state index is 13.1. The molecule has 2 saturated heterocycles. The average molecular weight is 438 g/mol. The Morgan fingerprint density at radius 2 is 1.81 bits per heavy atom. The number of morpholine rings is 1. The predicted molar refractivity (Wildman–Crippen MR) is 117 cm³/mol. The number of likely N-dealkylation sites (tertiary alicyclic amines) is 1. The highest BCUT2D eigenvalue weighted by molar-refractivity contribution is 6.46. The highest BCUT2D eigenvalue weighted by Crippen LogP contribution is 2.40. The van der Waals surface area contributed by atoms with Crippen molar-refractivity contribution in [2.75, 3.05) is 46.5 Å². The first-order valence-corrected chi connectivity index (χ1v) is 10.5.